The van der Waals surface area contributed by atoms with Gasteiger partial charge in [0.2, 0.25) is 0 Å². The number of nitrogens with one attached hydrogen (secondary N) is 2. The van der Waals surface area contributed by atoms with E-state index in [1.807, 2.05) is 6.07 Å². The number of amides is 1. The number of H-pyrrole nitrogens is 1. The SMILES string of the molecule is O=C(O)CC(NC(=O)c1cc(=O)n(-c2ccccc2)[nH]1)C1CCCCC1. The van der Waals surface area contributed by atoms with E-state index in [-0.39, 0.29) is 23.6 Å². The first-order valence-electron chi connectivity index (χ1n) is 8.95. The van der Waals surface area contributed by atoms with Crippen molar-refractivity contribution in [1.29, 1.82) is 0 Å². The van der Waals surface area contributed by atoms with E-state index in [2.05, 4.69) is 10.4 Å². The number of rotatable bonds is 6. The highest BCUT2D eigenvalue weighted by atomic mass is 16.4. The number of hydrogen-bond acceptors (Lipinski definition) is 3. The van der Waals surface area contributed by atoms with Crippen molar-refractivity contribution in [2.24, 2.45) is 5.92 Å². The summed E-state index contributed by atoms with van der Waals surface area (Å²) in [6.45, 7) is 0. The second-order valence-corrected chi connectivity index (χ2v) is 6.75. The van der Waals surface area contributed by atoms with Crippen LogP contribution in [0.2, 0.25) is 0 Å². The zero-order valence-electron chi connectivity index (χ0n) is 14.5. The minimum absolute atomic E-state index is 0.111. The Bertz CT molecular complexity index is 819. The lowest BCUT2D eigenvalue weighted by Gasteiger charge is -2.29. The average Bonchev–Trinajstić information content (AvgIpc) is 3.04. The number of aromatic nitrogens is 2. The molecule has 1 heterocycles. The highest BCUT2D eigenvalue weighted by molar-refractivity contribution is 5.92. The Morgan fingerprint density at radius 2 is 1.88 bits per heavy atom. The Balaban J connectivity index is 1.77. The van der Waals surface area contributed by atoms with Gasteiger partial charge in [-0.3, -0.25) is 19.5 Å². The van der Waals surface area contributed by atoms with E-state index in [1.54, 1.807) is 24.3 Å². The molecule has 1 fully saturated rings. The van der Waals surface area contributed by atoms with Crippen molar-refractivity contribution in [2.75, 3.05) is 0 Å². The summed E-state index contributed by atoms with van der Waals surface area (Å²) in [5, 5.41) is 14.8. The van der Waals surface area contributed by atoms with Gasteiger partial charge in [-0.2, -0.15) is 0 Å². The molecule has 7 heteroatoms. The van der Waals surface area contributed by atoms with Gasteiger partial charge in [0, 0.05) is 12.1 Å². The molecule has 1 amide bonds. The van der Waals surface area contributed by atoms with Gasteiger partial charge >= 0.3 is 5.97 Å². The number of carbonyl (C=O) groups is 2. The Kier molecular flexibility index (Phi) is 5.55. The summed E-state index contributed by atoms with van der Waals surface area (Å²) in [7, 11) is 0. The molecule has 1 aromatic carbocycles. The molecule has 3 rings (SSSR count). The molecule has 0 spiro atoms. The van der Waals surface area contributed by atoms with Gasteiger partial charge in [0.25, 0.3) is 11.5 Å². The number of para-hydroxylation sites is 1. The van der Waals surface area contributed by atoms with Crippen LogP contribution in [0.1, 0.15) is 49.0 Å². The molecule has 2 aromatic rings. The Labute approximate surface area is 151 Å². The fourth-order valence-corrected chi connectivity index (χ4v) is 3.59. The Morgan fingerprint density at radius 1 is 1.19 bits per heavy atom. The quantitative estimate of drug-likeness (QED) is 0.738. The van der Waals surface area contributed by atoms with Gasteiger partial charge in [0.1, 0.15) is 5.69 Å². The van der Waals surface area contributed by atoms with Gasteiger partial charge in [-0.05, 0) is 30.9 Å². The van der Waals surface area contributed by atoms with Crippen molar-refractivity contribution < 1.29 is 14.7 Å². The largest absolute Gasteiger partial charge is 0.481 e. The summed E-state index contributed by atoms with van der Waals surface area (Å²) in [6.07, 6.45) is 4.98. The number of benzene rings is 1. The molecule has 7 nitrogen and oxygen atoms in total. The van der Waals surface area contributed by atoms with Crippen molar-refractivity contribution >= 4 is 11.9 Å². The lowest BCUT2D eigenvalue weighted by atomic mass is 9.82. The highest BCUT2D eigenvalue weighted by Gasteiger charge is 2.28. The smallest absolute Gasteiger partial charge is 0.305 e. The zero-order valence-corrected chi connectivity index (χ0v) is 14.5. The molecule has 1 unspecified atom stereocenters. The molecule has 1 aromatic heterocycles. The molecule has 26 heavy (non-hydrogen) atoms. The van der Waals surface area contributed by atoms with Gasteiger partial charge in [-0.25, -0.2) is 4.68 Å². The third kappa shape index (κ3) is 4.22. The summed E-state index contributed by atoms with van der Waals surface area (Å²) >= 11 is 0. The molecule has 0 saturated heterocycles. The van der Waals surface area contributed by atoms with Gasteiger partial charge in [-0.15, -0.1) is 0 Å². The van der Waals surface area contributed by atoms with E-state index < -0.39 is 17.9 Å². The third-order valence-corrected chi connectivity index (χ3v) is 4.91. The molecular formula is C19H23N3O4. The first kappa shape index (κ1) is 18.0. The monoisotopic (exact) mass is 357 g/mol. The van der Waals surface area contributed by atoms with Crippen LogP contribution >= 0.6 is 0 Å². The maximum Gasteiger partial charge on any atom is 0.305 e. The third-order valence-electron chi connectivity index (χ3n) is 4.91. The first-order valence-corrected chi connectivity index (χ1v) is 8.95. The Morgan fingerprint density at radius 3 is 2.54 bits per heavy atom. The standard InChI is InChI=1S/C19H23N3O4/c23-17-11-16(21-22(17)14-9-5-2-6-10-14)19(26)20-15(12-18(24)25)13-7-3-1-4-8-13/h2,5-6,9-11,13,15,21H,1,3-4,7-8,12H2,(H,20,26)(H,24,25). The zero-order chi connectivity index (χ0) is 18.5. The topological polar surface area (TPSA) is 104 Å². The number of nitrogens with zero attached hydrogens (tertiary/aromatic N) is 1. The van der Waals surface area contributed by atoms with Crippen LogP contribution < -0.4 is 10.9 Å². The van der Waals surface area contributed by atoms with Crippen molar-refractivity contribution in [1.82, 2.24) is 15.1 Å². The number of aromatic amines is 1. The van der Waals surface area contributed by atoms with Crippen LogP contribution in [0.3, 0.4) is 0 Å². The van der Waals surface area contributed by atoms with Crippen LogP contribution in [-0.2, 0) is 4.79 Å². The number of carboxylic acid groups (broad SMARTS) is 1. The van der Waals surface area contributed by atoms with Crippen LogP contribution in [0, 0.1) is 5.92 Å². The normalized spacial score (nSPS) is 16.2. The lowest BCUT2D eigenvalue weighted by Crippen LogP contribution is -2.42. The van der Waals surface area contributed by atoms with E-state index in [0.29, 0.717) is 5.69 Å². The van der Waals surface area contributed by atoms with Crippen molar-refractivity contribution in [2.45, 2.75) is 44.6 Å². The molecule has 0 radical (unpaired) electrons. The van der Waals surface area contributed by atoms with Crippen molar-refractivity contribution in [3.05, 3.63) is 52.4 Å². The number of carboxylic acids is 1. The second kappa shape index (κ2) is 8.03. The van der Waals surface area contributed by atoms with E-state index in [0.717, 1.165) is 32.1 Å². The number of aliphatic carboxylic acids is 1. The van der Waals surface area contributed by atoms with Gasteiger partial charge < -0.3 is 10.4 Å². The summed E-state index contributed by atoms with van der Waals surface area (Å²) in [5.41, 5.74) is 0.421. The van der Waals surface area contributed by atoms with Gasteiger partial charge in [0.05, 0.1) is 12.1 Å². The van der Waals surface area contributed by atoms with Crippen LogP contribution in [0.25, 0.3) is 5.69 Å². The van der Waals surface area contributed by atoms with E-state index in [4.69, 9.17) is 0 Å². The minimum atomic E-state index is -0.934. The summed E-state index contributed by atoms with van der Waals surface area (Å²) in [6, 6.07) is 9.77. The predicted molar refractivity (Wildman–Crippen MR) is 96.5 cm³/mol. The molecule has 1 atom stereocenters. The lowest BCUT2D eigenvalue weighted by molar-refractivity contribution is -0.137. The summed E-state index contributed by atoms with van der Waals surface area (Å²) < 4.78 is 1.29. The molecule has 1 saturated carbocycles. The number of hydrogen-bond donors (Lipinski definition) is 3. The maximum absolute atomic E-state index is 12.6. The molecule has 0 aliphatic heterocycles. The Hall–Kier alpha value is -2.83. The van der Waals surface area contributed by atoms with Crippen LogP contribution in [-0.4, -0.2) is 32.8 Å². The molecule has 3 N–H and O–H groups in total. The molecule has 1 aliphatic rings. The van der Waals surface area contributed by atoms with E-state index in [1.165, 1.54) is 10.7 Å². The summed E-state index contributed by atoms with van der Waals surface area (Å²) in [4.78, 5) is 36.0. The molecule has 0 bridgehead atoms. The van der Waals surface area contributed by atoms with Crippen LogP contribution in [0.5, 0.6) is 0 Å². The van der Waals surface area contributed by atoms with Crippen LogP contribution in [0.4, 0.5) is 0 Å². The van der Waals surface area contributed by atoms with E-state index >= 15 is 0 Å². The van der Waals surface area contributed by atoms with Gasteiger partial charge in [0.15, 0.2) is 0 Å². The number of carbonyl (C=O) groups excluding carboxylic acids is 1. The minimum Gasteiger partial charge on any atom is -0.481 e. The summed E-state index contributed by atoms with van der Waals surface area (Å²) in [5.74, 6) is -1.23. The fourth-order valence-electron chi connectivity index (χ4n) is 3.59. The first-order chi connectivity index (χ1) is 12.5. The van der Waals surface area contributed by atoms with Crippen LogP contribution in [0.15, 0.2) is 41.2 Å². The van der Waals surface area contributed by atoms with Crippen molar-refractivity contribution in [3.8, 4) is 5.69 Å². The molecule has 138 valence electrons. The predicted octanol–water partition coefficient (Wildman–Crippen LogP) is 2.32. The fraction of sp³-hybridized carbons (Fsp3) is 0.421. The maximum atomic E-state index is 12.6. The second-order valence-electron chi connectivity index (χ2n) is 6.75. The molecule has 1 aliphatic carbocycles. The average molecular weight is 357 g/mol. The van der Waals surface area contributed by atoms with Gasteiger partial charge in [-0.1, -0.05) is 37.5 Å². The molecular weight excluding hydrogens is 334 g/mol. The highest BCUT2D eigenvalue weighted by Crippen LogP contribution is 2.28. The van der Waals surface area contributed by atoms with Crippen molar-refractivity contribution in [3.63, 3.8) is 0 Å². The van der Waals surface area contributed by atoms with E-state index in [9.17, 15) is 19.5 Å².